The molecule has 1 aromatic rings. The summed E-state index contributed by atoms with van der Waals surface area (Å²) in [6.45, 7) is 8.40. The Balaban J connectivity index is 1.98. The third kappa shape index (κ3) is 3.63. The van der Waals surface area contributed by atoms with Gasteiger partial charge >= 0.3 is 0 Å². The van der Waals surface area contributed by atoms with Gasteiger partial charge in [-0.25, -0.2) is 0 Å². The molecule has 0 spiro atoms. The van der Waals surface area contributed by atoms with Crippen molar-refractivity contribution in [1.82, 2.24) is 19.6 Å². The van der Waals surface area contributed by atoms with Crippen LogP contribution in [0.5, 0.6) is 0 Å². The van der Waals surface area contributed by atoms with Crippen LogP contribution in [0.25, 0.3) is 0 Å². The quantitative estimate of drug-likeness (QED) is 0.853. The Morgan fingerprint density at radius 1 is 1.41 bits per heavy atom. The van der Waals surface area contributed by atoms with Gasteiger partial charge in [0.2, 0.25) is 5.91 Å². The molecule has 0 saturated carbocycles. The summed E-state index contributed by atoms with van der Waals surface area (Å²) in [6.07, 6.45) is 2.31. The van der Waals surface area contributed by atoms with Crippen LogP contribution < -0.4 is 0 Å². The van der Waals surface area contributed by atoms with E-state index in [1.807, 2.05) is 25.8 Å². The van der Waals surface area contributed by atoms with Crippen LogP contribution in [-0.2, 0) is 11.3 Å². The number of carbonyl (C=O) groups is 1. The minimum absolute atomic E-state index is 0.0914. The molecule has 1 aromatic heterocycles. The summed E-state index contributed by atoms with van der Waals surface area (Å²) in [5, 5.41) is 5.00. The topological polar surface area (TPSA) is 41.4 Å². The summed E-state index contributed by atoms with van der Waals surface area (Å²) in [4.78, 5) is 16.8. The van der Waals surface area contributed by atoms with Crippen molar-refractivity contribution < 1.29 is 4.79 Å². The number of hydrogen-bond acceptors (Lipinski definition) is 3. The number of rotatable bonds is 4. The first kappa shape index (κ1) is 17.3. The van der Waals surface area contributed by atoms with E-state index >= 15 is 0 Å². The maximum Gasteiger partial charge on any atom is 0.244 e. The second-order valence-corrected chi connectivity index (χ2v) is 6.91. The predicted octanol–water partition coefficient (Wildman–Crippen LogP) is 2.34. The van der Waals surface area contributed by atoms with Gasteiger partial charge in [-0.05, 0) is 59.7 Å². The van der Waals surface area contributed by atoms with E-state index in [0.29, 0.717) is 10.9 Å². The van der Waals surface area contributed by atoms with E-state index in [9.17, 15) is 4.79 Å². The van der Waals surface area contributed by atoms with Gasteiger partial charge in [0.25, 0.3) is 0 Å². The first-order valence-electron chi connectivity index (χ1n) is 7.95. The third-order valence-corrected chi connectivity index (χ3v) is 5.57. The molecular formula is C16H27ClN4O. The molecule has 6 heteroatoms. The fraction of sp³-hybridized carbons (Fsp3) is 0.750. The Hall–Kier alpha value is -1.07. The number of aromatic nitrogens is 2. The maximum absolute atomic E-state index is 12.5. The van der Waals surface area contributed by atoms with Crippen LogP contribution in [0.1, 0.15) is 31.2 Å². The van der Waals surface area contributed by atoms with Crippen LogP contribution in [0.15, 0.2) is 0 Å². The van der Waals surface area contributed by atoms with Gasteiger partial charge in [0.05, 0.1) is 16.4 Å². The lowest BCUT2D eigenvalue weighted by Gasteiger charge is -2.37. The van der Waals surface area contributed by atoms with Crippen LogP contribution in [0, 0.1) is 19.8 Å². The molecule has 0 bridgehead atoms. The van der Waals surface area contributed by atoms with Crippen molar-refractivity contribution in [2.45, 2.75) is 46.2 Å². The van der Waals surface area contributed by atoms with E-state index in [1.165, 1.54) is 0 Å². The molecule has 2 rings (SSSR count). The second kappa shape index (κ2) is 7.01. The van der Waals surface area contributed by atoms with E-state index in [-0.39, 0.29) is 18.5 Å². The average Bonchev–Trinajstić information content (AvgIpc) is 2.73. The largest absolute Gasteiger partial charge is 0.341 e. The van der Waals surface area contributed by atoms with Gasteiger partial charge in [-0.15, -0.1) is 0 Å². The fourth-order valence-corrected chi connectivity index (χ4v) is 3.26. The molecule has 1 amide bonds. The van der Waals surface area contributed by atoms with Gasteiger partial charge in [0.15, 0.2) is 0 Å². The summed E-state index contributed by atoms with van der Waals surface area (Å²) in [5.74, 6) is 0.669. The highest BCUT2D eigenvalue weighted by atomic mass is 35.5. The lowest BCUT2D eigenvalue weighted by Crippen LogP contribution is -2.45. The summed E-state index contributed by atoms with van der Waals surface area (Å²) in [5.41, 5.74) is 1.63. The minimum Gasteiger partial charge on any atom is -0.341 e. The van der Waals surface area contributed by atoms with Gasteiger partial charge in [0, 0.05) is 13.1 Å². The molecule has 0 aromatic carbocycles. The summed E-state index contributed by atoms with van der Waals surface area (Å²) in [7, 11) is 4.06. The zero-order valence-corrected chi connectivity index (χ0v) is 15.0. The van der Waals surface area contributed by atoms with Gasteiger partial charge in [-0.3, -0.25) is 9.48 Å². The standard InChI is InChI=1S/C16H27ClN4O/c1-11-16(17)13(3)21(18-11)10-15(22)20(5)12(2)14-6-8-19(4)9-7-14/h12,14H,6-10H2,1-5H3. The Morgan fingerprint density at radius 2 is 2.00 bits per heavy atom. The Labute approximate surface area is 138 Å². The zero-order chi connectivity index (χ0) is 16.4. The van der Waals surface area contributed by atoms with E-state index in [0.717, 1.165) is 37.3 Å². The van der Waals surface area contributed by atoms with Gasteiger partial charge < -0.3 is 9.80 Å². The molecule has 1 aliphatic rings. The zero-order valence-electron chi connectivity index (χ0n) is 14.3. The van der Waals surface area contributed by atoms with E-state index < -0.39 is 0 Å². The number of carbonyl (C=O) groups excluding carboxylic acids is 1. The van der Waals surface area contributed by atoms with Crippen molar-refractivity contribution in [2.75, 3.05) is 27.2 Å². The molecule has 5 nitrogen and oxygen atoms in total. The van der Waals surface area contributed by atoms with Crippen molar-refractivity contribution in [3.8, 4) is 0 Å². The van der Waals surface area contributed by atoms with Crippen molar-refractivity contribution >= 4 is 17.5 Å². The molecule has 0 N–H and O–H groups in total. The lowest BCUT2D eigenvalue weighted by molar-refractivity contribution is -0.133. The molecule has 22 heavy (non-hydrogen) atoms. The highest BCUT2D eigenvalue weighted by Crippen LogP contribution is 2.23. The monoisotopic (exact) mass is 326 g/mol. The summed E-state index contributed by atoms with van der Waals surface area (Å²) < 4.78 is 1.71. The van der Waals surface area contributed by atoms with Crippen LogP contribution in [0.4, 0.5) is 0 Å². The molecule has 1 aliphatic heterocycles. The number of likely N-dealkylation sites (N-methyl/N-ethyl adjacent to an activating group) is 1. The molecule has 1 saturated heterocycles. The normalized spacial score (nSPS) is 18.5. The number of halogens is 1. The predicted molar refractivity (Wildman–Crippen MR) is 89.2 cm³/mol. The number of likely N-dealkylation sites (tertiary alicyclic amines) is 1. The number of nitrogens with zero attached hydrogens (tertiary/aromatic N) is 4. The summed E-state index contributed by atoms with van der Waals surface area (Å²) in [6, 6.07) is 0.258. The van der Waals surface area contributed by atoms with E-state index in [1.54, 1.807) is 4.68 Å². The molecule has 1 unspecified atom stereocenters. The van der Waals surface area contributed by atoms with Gasteiger partial charge in [0.1, 0.15) is 6.54 Å². The van der Waals surface area contributed by atoms with Gasteiger partial charge in [-0.2, -0.15) is 5.10 Å². The highest BCUT2D eigenvalue weighted by Gasteiger charge is 2.27. The minimum atomic E-state index is 0.0914. The van der Waals surface area contributed by atoms with E-state index in [2.05, 4.69) is 24.0 Å². The van der Waals surface area contributed by atoms with Crippen LogP contribution in [0.2, 0.25) is 5.02 Å². The third-order valence-electron chi connectivity index (χ3n) is 5.03. The second-order valence-electron chi connectivity index (χ2n) is 6.53. The number of hydrogen-bond donors (Lipinski definition) is 0. The molecule has 0 aliphatic carbocycles. The van der Waals surface area contributed by atoms with E-state index in [4.69, 9.17) is 11.6 Å². The Morgan fingerprint density at radius 3 is 2.50 bits per heavy atom. The Bertz CT molecular complexity index is 534. The molecule has 124 valence electrons. The molecule has 2 heterocycles. The Kier molecular flexibility index (Phi) is 5.50. The molecule has 1 fully saturated rings. The van der Waals surface area contributed by atoms with Crippen LogP contribution in [-0.4, -0.2) is 58.7 Å². The number of aryl methyl sites for hydroxylation is 1. The smallest absolute Gasteiger partial charge is 0.244 e. The number of amides is 1. The summed E-state index contributed by atoms with van der Waals surface area (Å²) >= 11 is 6.15. The first-order chi connectivity index (χ1) is 10.3. The van der Waals surface area contributed by atoms with Crippen LogP contribution in [0.3, 0.4) is 0 Å². The highest BCUT2D eigenvalue weighted by molar-refractivity contribution is 6.31. The number of piperidine rings is 1. The van der Waals surface area contributed by atoms with Crippen molar-refractivity contribution in [3.05, 3.63) is 16.4 Å². The van der Waals surface area contributed by atoms with Crippen LogP contribution >= 0.6 is 11.6 Å². The fourth-order valence-electron chi connectivity index (χ4n) is 3.12. The molecular weight excluding hydrogens is 300 g/mol. The average molecular weight is 327 g/mol. The van der Waals surface area contributed by atoms with Crippen molar-refractivity contribution in [3.63, 3.8) is 0 Å². The maximum atomic E-state index is 12.5. The SMILES string of the molecule is Cc1nn(CC(=O)N(C)C(C)C2CCN(C)CC2)c(C)c1Cl. The lowest BCUT2D eigenvalue weighted by atomic mass is 9.90. The first-order valence-corrected chi connectivity index (χ1v) is 8.32. The molecule has 1 atom stereocenters. The van der Waals surface area contributed by atoms with Gasteiger partial charge in [-0.1, -0.05) is 11.6 Å². The van der Waals surface area contributed by atoms with Crippen molar-refractivity contribution in [2.24, 2.45) is 5.92 Å². The molecule has 0 radical (unpaired) electrons. The van der Waals surface area contributed by atoms with Crippen molar-refractivity contribution in [1.29, 1.82) is 0 Å².